The smallest absolute Gasteiger partial charge is 0.184 e. The molecule has 3 aliphatic rings. The number of hydrogen-bond acceptors (Lipinski definition) is 4. The third kappa shape index (κ3) is 15.9. The summed E-state index contributed by atoms with van der Waals surface area (Å²) in [6.07, 6.45) is 43.6. The van der Waals surface area contributed by atoms with Crippen LogP contribution in [0.25, 0.3) is 5.70 Å². The molecule has 2 aliphatic carbocycles. The minimum atomic E-state index is -0.183. The highest BCUT2D eigenvalue weighted by Crippen LogP contribution is 2.48. The van der Waals surface area contributed by atoms with E-state index < -0.39 is 0 Å². The van der Waals surface area contributed by atoms with Crippen LogP contribution >= 0.6 is 0 Å². The SMILES string of the molecule is C=C=C1NC(=NC)c2cc3c(cc21)C(NCCCCCCCCC1C(CCCCCCCC(CC)CCCN)CCC(CCCCCC)C1CCCCCCCC)C3=O. The van der Waals surface area contributed by atoms with Gasteiger partial charge in [0.2, 0.25) is 0 Å². The van der Waals surface area contributed by atoms with Gasteiger partial charge in [-0.25, -0.2) is 0 Å². The van der Waals surface area contributed by atoms with E-state index in [1.807, 2.05) is 6.07 Å². The summed E-state index contributed by atoms with van der Waals surface area (Å²) in [6, 6.07) is 3.96. The first-order valence-corrected chi connectivity index (χ1v) is 25.8. The van der Waals surface area contributed by atoms with Crippen LogP contribution in [0.1, 0.15) is 253 Å². The Kier molecular flexibility index (Phi) is 24.4. The van der Waals surface area contributed by atoms with Crippen LogP contribution in [0.3, 0.4) is 0 Å². The van der Waals surface area contributed by atoms with Crippen molar-refractivity contribution in [2.24, 2.45) is 40.3 Å². The number of hydrogen-bond donors (Lipinski definition) is 3. The molecule has 6 atom stereocenters. The van der Waals surface area contributed by atoms with Gasteiger partial charge in [-0.1, -0.05) is 181 Å². The van der Waals surface area contributed by atoms with Crippen LogP contribution in [0.5, 0.6) is 0 Å². The van der Waals surface area contributed by atoms with Gasteiger partial charge in [0, 0.05) is 23.7 Å². The lowest BCUT2D eigenvalue weighted by molar-refractivity contribution is 0.0581. The Morgan fingerprint density at radius 2 is 1.22 bits per heavy atom. The first-order chi connectivity index (χ1) is 29.0. The molecule has 1 aromatic rings. The molecular formula is C54H92N4O. The topological polar surface area (TPSA) is 79.5 Å². The van der Waals surface area contributed by atoms with E-state index in [-0.39, 0.29) is 11.8 Å². The lowest BCUT2D eigenvalue weighted by atomic mass is 9.61. The Hall–Kier alpha value is -2.20. The fourth-order valence-electron chi connectivity index (χ4n) is 11.4. The first-order valence-electron chi connectivity index (χ1n) is 25.8. The van der Waals surface area contributed by atoms with Crippen LogP contribution in [0.4, 0.5) is 0 Å². The van der Waals surface area contributed by atoms with Crippen molar-refractivity contribution in [1.29, 1.82) is 0 Å². The number of unbranched alkanes of at least 4 members (excludes halogenated alkanes) is 17. The van der Waals surface area contributed by atoms with Crippen molar-refractivity contribution in [3.05, 3.63) is 46.7 Å². The average molecular weight is 813 g/mol. The Morgan fingerprint density at radius 3 is 1.78 bits per heavy atom. The van der Waals surface area contributed by atoms with Gasteiger partial charge in [-0.05, 0) is 105 Å². The molecule has 4 rings (SSSR count). The second kappa shape index (κ2) is 29.2. The van der Waals surface area contributed by atoms with Crippen LogP contribution in [0.15, 0.2) is 29.4 Å². The summed E-state index contributed by atoms with van der Waals surface area (Å²) in [7, 11) is 1.77. The van der Waals surface area contributed by atoms with Crippen molar-refractivity contribution < 1.29 is 4.79 Å². The molecule has 1 aromatic carbocycles. The maximum absolute atomic E-state index is 13.0. The Labute approximate surface area is 364 Å². The van der Waals surface area contributed by atoms with Crippen molar-refractivity contribution in [3.8, 4) is 0 Å². The minimum absolute atomic E-state index is 0.183. The van der Waals surface area contributed by atoms with Crippen molar-refractivity contribution in [3.63, 3.8) is 0 Å². The summed E-state index contributed by atoms with van der Waals surface area (Å²) in [5, 5.41) is 6.86. The summed E-state index contributed by atoms with van der Waals surface area (Å²) in [5.74, 6) is 5.79. The summed E-state index contributed by atoms with van der Waals surface area (Å²) < 4.78 is 0. The van der Waals surface area contributed by atoms with Gasteiger partial charge in [0.1, 0.15) is 5.84 Å². The highest BCUT2D eigenvalue weighted by Gasteiger charge is 2.39. The summed E-state index contributed by atoms with van der Waals surface area (Å²) in [6.45, 7) is 12.7. The van der Waals surface area contributed by atoms with Gasteiger partial charge in [0.25, 0.3) is 0 Å². The number of carbonyl (C=O) groups is 1. The Morgan fingerprint density at radius 1 is 0.695 bits per heavy atom. The second-order valence-electron chi connectivity index (χ2n) is 19.3. The fourth-order valence-corrected chi connectivity index (χ4v) is 11.4. The maximum Gasteiger partial charge on any atom is 0.184 e. The Bertz CT molecular complexity index is 1410. The molecule has 334 valence electrons. The lowest BCUT2D eigenvalue weighted by Gasteiger charge is -2.44. The van der Waals surface area contributed by atoms with E-state index in [9.17, 15) is 4.79 Å². The van der Waals surface area contributed by atoms with Crippen molar-refractivity contribution >= 4 is 17.3 Å². The number of nitrogens with two attached hydrogens (primary N) is 1. The predicted molar refractivity (Wildman–Crippen MR) is 256 cm³/mol. The standard InChI is InChI=1S/C54H92N4O/c1-6-10-12-14-20-26-34-45-43(32-24-13-11-7-2)36-37-44(33-25-19-17-18-23-30-42(8-3)31-29-38-55)46(45)35-27-21-15-16-22-28-39-57-52-48-40-47-50(41-49(48)53(52)59)54(56-5)58-51(47)9-4/h40-46,52,57H,4,6-8,10-39,55H2,1-3,5H3,(H,56,58). The van der Waals surface area contributed by atoms with Crippen LogP contribution in [-0.2, 0) is 0 Å². The molecule has 0 spiro atoms. The molecule has 4 N–H and O–H groups in total. The van der Waals surface area contributed by atoms with Gasteiger partial charge in [0.05, 0.1) is 11.7 Å². The number of nitrogens with one attached hydrogen (secondary N) is 2. The molecule has 1 heterocycles. The van der Waals surface area contributed by atoms with Crippen molar-refractivity contribution in [1.82, 2.24) is 10.6 Å². The van der Waals surface area contributed by atoms with E-state index in [2.05, 4.69) is 54.8 Å². The number of benzene rings is 1. The van der Waals surface area contributed by atoms with Gasteiger partial charge in [-0.2, -0.15) is 0 Å². The summed E-state index contributed by atoms with van der Waals surface area (Å²) in [5.41, 5.74) is 13.6. The van der Waals surface area contributed by atoms with Gasteiger partial charge < -0.3 is 16.4 Å². The quantitative estimate of drug-likeness (QED) is 0.0478. The molecule has 59 heavy (non-hydrogen) atoms. The zero-order valence-electron chi connectivity index (χ0n) is 39.1. The molecule has 6 unspecified atom stereocenters. The van der Waals surface area contributed by atoms with E-state index in [1.54, 1.807) is 7.05 Å². The molecule has 1 aliphatic heterocycles. The number of ketones is 1. The van der Waals surface area contributed by atoms with Gasteiger partial charge in [-0.3, -0.25) is 9.79 Å². The van der Waals surface area contributed by atoms with Crippen LogP contribution < -0.4 is 16.4 Å². The number of Topliss-reactive ketones (excluding diaryl/α,β-unsaturated/α-hetero) is 1. The fraction of sp³-hybridized carbons (Fsp3) is 0.796. The molecule has 0 saturated heterocycles. The molecule has 5 heteroatoms. The lowest BCUT2D eigenvalue weighted by Crippen LogP contribution is -2.38. The van der Waals surface area contributed by atoms with E-state index >= 15 is 0 Å². The van der Waals surface area contributed by atoms with Gasteiger partial charge in [-0.15, -0.1) is 5.73 Å². The monoisotopic (exact) mass is 813 g/mol. The first kappa shape index (κ1) is 49.5. The average Bonchev–Trinajstić information content (AvgIpc) is 3.62. The second-order valence-corrected chi connectivity index (χ2v) is 19.3. The van der Waals surface area contributed by atoms with E-state index in [1.165, 1.54) is 193 Å². The number of nitrogens with zero attached hydrogens (tertiary/aromatic N) is 1. The molecule has 0 bridgehead atoms. The minimum Gasteiger partial charge on any atom is -0.333 e. The molecule has 0 radical (unpaired) electrons. The zero-order valence-corrected chi connectivity index (χ0v) is 39.1. The zero-order chi connectivity index (χ0) is 42.1. The number of aliphatic imine (C=N–C) groups is 1. The molecule has 1 saturated carbocycles. The molecule has 5 nitrogen and oxygen atoms in total. The third-order valence-electron chi connectivity index (χ3n) is 15.1. The van der Waals surface area contributed by atoms with Crippen LogP contribution in [0, 0.1) is 29.6 Å². The predicted octanol–water partition coefficient (Wildman–Crippen LogP) is 14.8. The molecule has 0 amide bonds. The number of fused-ring (bicyclic) bond motifs is 2. The Balaban J connectivity index is 1.22. The highest BCUT2D eigenvalue weighted by atomic mass is 16.1. The normalized spacial score (nSPS) is 22.3. The van der Waals surface area contributed by atoms with Crippen LogP contribution in [0.2, 0.25) is 0 Å². The largest absolute Gasteiger partial charge is 0.333 e. The summed E-state index contributed by atoms with van der Waals surface area (Å²) >= 11 is 0. The third-order valence-corrected chi connectivity index (χ3v) is 15.1. The molecule has 1 fully saturated rings. The van der Waals surface area contributed by atoms with Crippen molar-refractivity contribution in [2.75, 3.05) is 20.1 Å². The van der Waals surface area contributed by atoms with Crippen LogP contribution in [-0.4, -0.2) is 31.8 Å². The molecule has 0 aromatic heterocycles. The van der Waals surface area contributed by atoms with Gasteiger partial charge in [0.15, 0.2) is 5.78 Å². The highest BCUT2D eigenvalue weighted by molar-refractivity contribution is 6.17. The number of amidine groups is 1. The van der Waals surface area contributed by atoms with E-state index in [0.29, 0.717) is 0 Å². The van der Waals surface area contributed by atoms with Gasteiger partial charge >= 0.3 is 0 Å². The van der Waals surface area contributed by atoms with E-state index in [4.69, 9.17) is 5.73 Å². The van der Waals surface area contributed by atoms with E-state index in [0.717, 1.165) is 82.9 Å². The number of carbonyl (C=O) groups excluding carboxylic acids is 1. The number of rotatable bonds is 34. The maximum atomic E-state index is 13.0. The molecular weight excluding hydrogens is 721 g/mol. The summed E-state index contributed by atoms with van der Waals surface area (Å²) in [4.78, 5) is 17.4. The van der Waals surface area contributed by atoms with Crippen molar-refractivity contribution in [2.45, 2.75) is 226 Å².